The van der Waals surface area contributed by atoms with Crippen molar-refractivity contribution < 1.29 is 24.3 Å². The molecule has 2 saturated heterocycles. The van der Waals surface area contributed by atoms with E-state index < -0.39 is 12.0 Å². The summed E-state index contributed by atoms with van der Waals surface area (Å²) in [7, 11) is 0. The van der Waals surface area contributed by atoms with Crippen molar-refractivity contribution in [2.24, 2.45) is 10.9 Å². The van der Waals surface area contributed by atoms with E-state index in [0.717, 1.165) is 31.7 Å². The van der Waals surface area contributed by atoms with Crippen molar-refractivity contribution in [2.45, 2.75) is 25.1 Å². The number of oxime groups is 1. The monoisotopic (exact) mass is 616 g/mol. The number of hydrogen-bond donors (Lipinski definition) is 3. The highest BCUT2D eigenvalue weighted by Gasteiger charge is 2.42. The lowest BCUT2D eigenvalue weighted by Crippen LogP contribution is -2.49. The molecule has 4 N–H and O–H groups in total. The summed E-state index contributed by atoms with van der Waals surface area (Å²) in [6, 6.07) is 21.8. The molecule has 0 aliphatic carbocycles. The molecule has 2 unspecified atom stereocenters. The van der Waals surface area contributed by atoms with Crippen LogP contribution in [0.2, 0.25) is 0 Å². The van der Waals surface area contributed by atoms with E-state index >= 15 is 0 Å². The third-order valence-corrected chi connectivity index (χ3v) is 8.91. The van der Waals surface area contributed by atoms with E-state index in [1.807, 2.05) is 30.3 Å². The van der Waals surface area contributed by atoms with Crippen molar-refractivity contribution >= 4 is 41.3 Å². The van der Waals surface area contributed by atoms with Crippen LogP contribution in [0.4, 0.5) is 5.69 Å². The van der Waals surface area contributed by atoms with Gasteiger partial charge in [0, 0.05) is 55.6 Å². The molecular formula is C32H36N6O5S. The first-order valence-electron chi connectivity index (χ1n) is 14.4. The quantitative estimate of drug-likeness (QED) is 0.0825. The number of rotatable bonds is 9. The second kappa shape index (κ2) is 14.4. The van der Waals surface area contributed by atoms with E-state index in [1.165, 1.54) is 0 Å². The van der Waals surface area contributed by atoms with Crippen LogP contribution in [-0.2, 0) is 16.1 Å². The zero-order valence-corrected chi connectivity index (χ0v) is 25.3. The number of amidine groups is 1. The minimum Gasteiger partial charge on any atom is -0.457 e. The number of carbonyl (C=O) groups is 3. The van der Waals surface area contributed by atoms with Gasteiger partial charge in [0.15, 0.2) is 5.84 Å². The number of nitrogens with one attached hydrogen (secondary N) is 1. The number of likely N-dealkylation sites (tertiary alicyclic amines) is 1. The summed E-state index contributed by atoms with van der Waals surface area (Å²) in [4.78, 5) is 43.9. The maximum atomic E-state index is 13.7. The second-order valence-electron chi connectivity index (χ2n) is 10.7. The van der Waals surface area contributed by atoms with E-state index in [2.05, 4.69) is 25.9 Å². The summed E-state index contributed by atoms with van der Waals surface area (Å²) >= 11 is 1.72. The maximum absolute atomic E-state index is 13.7. The van der Waals surface area contributed by atoms with Crippen molar-refractivity contribution in [2.75, 3.05) is 44.3 Å². The topological polar surface area (TPSA) is 141 Å². The van der Waals surface area contributed by atoms with Crippen molar-refractivity contribution in [3.63, 3.8) is 0 Å². The van der Waals surface area contributed by atoms with Gasteiger partial charge in [-0.05, 0) is 54.6 Å². The SMILES string of the molecule is CSN1CCN(C2CC(C(=O)Nc3ccc(C(=O)OCc4ccccc4)cc3)N(C(=O)c3ccc(/C(N)=N/O)cc3)C2)CC1. The van der Waals surface area contributed by atoms with Gasteiger partial charge in [-0.15, -0.1) is 0 Å². The number of ether oxygens (including phenoxy) is 1. The minimum absolute atomic E-state index is 0.0388. The third kappa shape index (κ3) is 7.39. The summed E-state index contributed by atoms with van der Waals surface area (Å²) in [5.74, 6) is -1.07. The lowest BCUT2D eigenvalue weighted by molar-refractivity contribution is -0.119. The van der Waals surface area contributed by atoms with E-state index in [9.17, 15) is 14.4 Å². The van der Waals surface area contributed by atoms with Gasteiger partial charge in [-0.2, -0.15) is 0 Å². The van der Waals surface area contributed by atoms with E-state index in [0.29, 0.717) is 35.3 Å². The Morgan fingerprint density at radius 3 is 2.20 bits per heavy atom. The number of esters is 1. The Labute approximate surface area is 260 Å². The average Bonchev–Trinajstić information content (AvgIpc) is 3.53. The molecule has 11 nitrogen and oxygen atoms in total. The molecule has 5 rings (SSSR count). The fourth-order valence-corrected chi connectivity index (χ4v) is 6.06. The van der Waals surface area contributed by atoms with Gasteiger partial charge in [-0.3, -0.25) is 14.5 Å². The zero-order chi connectivity index (χ0) is 31.1. The number of amides is 2. The molecule has 2 atom stereocenters. The zero-order valence-electron chi connectivity index (χ0n) is 24.5. The Morgan fingerprint density at radius 1 is 0.932 bits per heavy atom. The van der Waals surface area contributed by atoms with Gasteiger partial charge in [0.2, 0.25) is 5.91 Å². The molecule has 0 spiro atoms. The first-order valence-corrected chi connectivity index (χ1v) is 15.6. The molecule has 2 heterocycles. The summed E-state index contributed by atoms with van der Waals surface area (Å²) in [5.41, 5.74) is 8.35. The van der Waals surface area contributed by atoms with Crippen LogP contribution >= 0.6 is 11.9 Å². The fraction of sp³-hybridized carbons (Fsp3) is 0.312. The molecule has 3 aromatic carbocycles. The van der Waals surface area contributed by atoms with Crippen LogP contribution < -0.4 is 11.1 Å². The fourth-order valence-electron chi connectivity index (χ4n) is 5.53. The van der Waals surface area contributed by atoms with Gasteiger partial charge >= 0.3 is 5.97 Å². The minimum atomic E-state index is -0.689. The number of benzene rings is 3. The Kier molecular flexibility index (Phi) is 10.2. The van der Waals surface area contributed by atoms with E-state index in [4.69, 9.17) is 15.7 Å². The van der Waals surface area contributed by atoms with Crippen LogP contribution in [0.25, 0.3) is 0 Å². The first-order chi connectivity index (χ1) is 21.4. The van der Waals surface area contributed by atoms with Gasteiger partial charge in [0.25, 0.3) is 5.91 Å². The van der Waals surface area contributed by atoms with Crippen molar-refractivity contribution in [3.8, 4) is 0 Å². The second-order valence-corrected chi connectivity index (χ2v) is 11.6. The molecule has 3 aromatic rings. The number of nitrogens with zero attached hydrogens (tertiary/aromatic N) is 4. The lowest BCUT2D eigenvalue weighted by atomic mass is 10.1. The Balaban J connectivity index is 1.27. The first kappa shape index (κ1) is 31.0. The Bertz CT molecular complexity index is 1480. The molecule has 44 heavy (non-hydrogen) atoms. The van der Waals surface area contributed by atoms with Gasteiger partial charge in [0.1, 0.15) is 12.6 Å². The summed E-state index contributed by atoms with van der Waals surface area (Å²) in [5, 5.41) is 14.9. The molecule has 0 radical (unpaired) electrons. The maximum Gasteiger partial charge on any atom is 0.338 e. The summed E-state index contributed by atoms with van der Waals surface area (Å²) in [6.45, 7) is 4.14. The van der Waals surface area contributed by atoms with Gasteiger partial charge in [-0.1, -0.05) is 59.6 Å². The third-order valence-electron chi connectivity index (χ3n) is 8.03. The van der Waals surface area contributed by atoms with Crippen LogP contribution in [0.5, 0.6) is 0 Å². The molecule has 2 aliphatic heterocycles. The molecule has 2 amide bonds. The molecule has 12 heteroatoms. The summed E-state index contributed by atoms with van der Waals surface area (Å²) in [6.07, 6.45) is 2.57. The largest absolute Gasteiger partial charge is 0.457 e. The van der Waals surface area contributed by atoms with Crippen molar-refractivity contribution in [1.82, 2.24) is 14.1 Å². The van der Waals surface area contributed by atoms with Crippen molar-refractivity contribution in [1.29, 1.82) is 0 Å². The van der Waals surface area contributed by atoms with Gasteiger partial charge < -0.3 is 25.9 Å². The van der Waals surface area contributed by atoms with Crippen LogP contribution in [0.15, 0.2) is 84.0 Å². The van der Waals surface area contributed by atoms with Gasteiger partial charge in [-0.25, -0.2) is 9.10 Å². The molecule has 230 valence electrons. The number of piperazine rings is 1. The number of anilines is 1. The number of carbonyl (C=O) groups excluding carboxylic acids is 3. The number of nitrogens with two attached hydrogens (primary N) is 1. The smallest absolute Gasteiger partial charge is 0.338 e. The molecule has 0 bridgehead atoms. The average molecular weight is 617 g/mol. The lowest BCUT2D eigenvalue weighted by Gasteiger charge is -2.36. The molecule has 2 aliphatic rings. The van der Waals surface area contributed by atoms with E-state index in [1.54, 1.807) is 65.4 Å². The van der Waals surface area contributed by atoms with Crippen LogP contribution in [0.3, 0.4) is 0 Å². The molecular weight excluding hydrogens is 580 g/mol. The van der Waals surface area contributed by atoms with Crippen molar-refractivity contribution in [3.05, 3.63) is 101 Å². The summed E-state index contributed by atoms with van der Waals surface area (Å²) < 4.78 is 7.71. The molecule has 0 saturated carbocycles. The predicted octanol–water partition coefficient (Wildman–Crippen LogP) is 3.26. The Morgan fingerprint density at radius 2 is 1.57 bits per heavy atom. The van der Waals surface area contributed by atoms with Crippen LogP contribution in [0.1, 0.15) is 38.3 Å². The standard InChI is InChI=1S/C32H36N6O5S/c1-44-37-17-15-36(16-18-37)27-19-28(38(20-27)31(40)24-9-7-23(8-10-24)29(33)35-42)30(39)34-26-13-11-25(12-14-26)32(41)43-21-22-5-3-2-4-6-22/h2-14,27-28,42H,15-21H2,1H3,(H2,33,35)(H,34,39). The van der Waals surface area contributed by atoms with Crippen LogP contribution in [0, 0.1) is 0 Å². The molecule has 2 fully saturated rings. The van der Waals surface area contributed by atoms with E-state index in [-0.39, 0.29) is 30.3 Å². The normalized spacial score (nSPS) is 19.5. The highest BCUT2D eigenvalue weighted by molar-refractivity contribution is 7.96. The highest BCUT2D eigenvalue weighted by Crippen LogP contribution is 2.27. The molecule has 0 aromatic heterocycles. The van der Waals surface area contributed by atoms with Crippen LogP contribution in [-0.4, -0.2) is 94.0 Å². The predicted molar refractivity (Wildman–Crippen MR) is 169 cm³/mol. The Hall–Kier alpha value is -4.39. The highest BCUT2D eigenvalue weighted by atomic mass is 32.2. The van der Waals surface area contributed by atoms with Gasteiger partial charge in [0.05, 0.1) is 5.56 Å². The number of hydrogen-bond acceptors (Lipinski definition) is 9.